The van der Waals surface area contributed by atoms with E-state index in [9.17, 15) is 23.1 Å². The molecule has 0 spiro atoms. The van der Waals surface area contributed by atoms with Crippen molar-refractivity contribution >= 4 is 27.3 Å². The number of rotatable bonds is 6. The van der Waals surface area contributed by atoms with Crippen molar-refractivity contribution < 1.29 is 37.1 Å². The number of alkyl halides is 1. The van der Waals surface area contributed by atoms with Crippen LogP contribution in [0.2, 0.25) is 0 Å². The third kappa shape index (κ3) is 4.87. The molecule has 1 fully saturated rings. The predicted octanol–water partition coefficient (Wildman–Crippen LogP) is -0.414. The van der Waals surface area contributed by atoms with Crippen LogP contribution in [0.1, 0.15) is 6.23 Å². The van der Waals surface area contributed by atoms with Crippen LogP contribution in [0.3, 0.4) is 0 Å². The molecule has 0 aliphatic carbocycles. The second-order valence-electron chi connectivity index (χ2n) is 4.66. The quantitative estimate of drug-likeness (QED) is 0.364. The Balaban J connectivity index is 2.30. The molecule has 3 unspecified atom stereocenters. The molecule has 1 aromatic rings. The van der Waals surface area contributed by atoms with E-state index in [1.807, 2.05) is 4.98 Å². The molecule has 2 heterocycles. The van der Waals surface area contributed by atoms with Crippen LogP contribution in [-0.4, -0.2) is 44.3 Å². The van der Waals surface area contributed by atoms with E-state index in [4.69, 9.17) is 19.0 Å². The summed E-state index contributed by atoms with van der Waals surface area (Å²) >= 11 is 3.54. The van der Waals surface area contributed by atoms with E-state index in [1.54, 1.807) is 0 Å². The Morgan fingerprint density at radius 3 is 2.71 bits per heavy atom. The Morgan fingerprint density at radius 1 is 1.50 bits per heavy atom. The minimum absolute atomic E-state index is 0.701. The normalized spacial score (nSPS) is 28.8. The fraction of sp³-hybridized carbons (Fsp3) is 0.556. The van der Waals surface area contributed by atoms with Crippen molar-refractivity contribution in [3.63, 3.8) is 0 Å². The minimum Gasteiger partial charge on any atom is -0.346 e. The first-order valence-corrected chi connectivity index (χ1v) is 10.4. The largest absolute Gasteiger partial charge is 0.469 e. The van der Waals surface area contributed by atoms with Crippen LogP contribution < -0.4 is 11.2 Å². The maximum Gasteiger partial charge on any atom is 0.469 e. The summed E-state index contributed by atoms with van der Waals surface area (Å²) in [5.74, 6) is 0. The average Bonchev–Trinajstić information content (AvgIpc) is 2.73. The van der Waals surface area contributed by atoms with E-state index in [1.165, 1.54) is 0 Å². The minimum atomic E-state index is -4.87. The number of hydrogen-bond donors (Lipinski definition) is 4. The summed E-state index contributed by atoms with van der Waals surface area (Å²) in [6.45, 7) is -0.840. The van der Waals surface area contributed by atoms with E-state index in [0.29, 0.717) is 0 Å². The highest BCUT2D eigenvalue weighted by Crippen LogP contribution is 2.43. The molecule has 11 nitrogen and oxygen atoms in total. The van der Waals surface area contributed by atoms with E-state index in [0.717, 1.165) is 16.8 Å². The lowest BCUT2D eigenvalue weighted by atomic mass is 10.1. The fourth-order valence-electron chi connectivity index (χ4n) is 2.09. The summed E-state index contributed by atoms with van der Waals surface area (Å²) in [5.41, 5.74) is -1.64. The number of aromatic amines is 1. The Bertz CT molecular complexity index is 779. The number of halogens is 1. The summed E-state index contributed by atoms with van der Waals surface area (Å²) in [4.78, 5) is 42.1. The van der Waals surface area contributed by atoms with Gasteiger partial charge in [-0.1, -0.05) is 12.2 Å². The molecule has 0 radical (unpaired) electrons. The summed E-state index contributed by atoms with van der Waals surface area (Å²) in [5, 5.41) is 0. The molecular formula is C9H13FN2O9P2S. The number of ether oxygens (including phenoxy) is 1. The van der Waals surface area contributed by atoms with E-state index in [2.05, 4.69) is 16.8 Å². The second-order valence-corrected chi connectivity index (χ2v) is 7.76. The Morgan fingerprint density at radius 2 is 2.17 bits per heavy atom. The van der Waals surface area contributed by atoms with E-state index >= 15 is 0 Å². The van der Waals surface area contributed by atoms with Gasteiger partial charge in [-0.25, -0.2) is 13.8 Å². The zero-order valence-corrected chi connectivity index (χ0v) is 14.4. The summed E-state index contributed by atoms with van der Waals surface area (Å²) in [6, 6.07) is 0.971. The predicted molar refractivity (Wildman–Crippen MR) is 81.0 cm³/mol. The van der Waals surface area contributed by atoms with Gasteiger partial charge in [0.1, 0.15) is 12.2 Å². The van der Waals surface area contributed by atoms with Crippen molar-refractivity contribution in [3.8, 4) is 0 Å². The molecule has 5 atom stereocenters. The van der Waals surface area contributed by atoms with Gasteiger partial charge in [0.25, 0.3) is 5.56 Å². The lowest BCUT2D eigenvalue weighted by Crippen LogP contribution is -2.37. The Labute approximate surface area is 139 Å². The van der Waals surface area contributed by atoms with Gasteiger partial charge < -0.3 is 19.0 Å². The van der Waals surface area contributed by atoms with Crippen LogP contribution >= 0.6 is 27.3 Å². The smallest absolute Gasteiger partial charge is 0.346 e. The number of aromatic nitrogens is 2. The Kier molecular flexibility index (Phi) is 6.21. The van der Waals surface area contributed by atoms with Crippen molar-refractivity contribution in [1.82, 2.24) is 9.55 Å². The van der Waals surface area contributed by atoms with Gasteiger partial charge in [0.2, 0.25) is 7.23 Å². The van der Waals surface area contributed by atoms with Crippen molar-refractivity contribution in [2.45, 2.75) is 24.6 Å². The van der Waals surface area contributed by atoms with Crippen molar-refractivity contribution in [3.05, 3.63) is 33.1 Å². The number of thiol groups is 1. The lowest BCUT2D eigenvalue weighted by molar-refractivity contribution is -0.0479. The second kappa shape index (κ2) is 7.63. The van der Waals surface area contributed by atoms with Crippen LogP contribution in [-0.2, 0) is 22.9 Å². The van der Waals surface area contributed by atoms with Gasteiger partial charge in [-0.3, -0.25) is 23.4 Å². The molecule has 0 aromatic carbocycles. The third-order valence-corrected chi connectivity index (χ3v) is 4.31. The van der Waals surface area contributed by atoms with Crippen molar-refractivity contribution in [2.75, 3.05) is 6.61 Å². The highest BCUT2D eigenvalue weighted by atomic mass is 32.7. The van der Waals surface area contributed by atoms with Crippen LogP contribution in [0.5, 0.6) is 0 Å². The number of phosphoric acid groups is 1. The number of H-pyrrole nitrogens is 1. The molecule has 24 heavy (non-hydrogen) atoms. The zero-order chi connectivity index (χ0) is 18.1. The van der Waals surface area contributed by atoms with E-state index in [-0.39, 0.29) is 0 Å². The molecule has 1 aliphatic heterocycles. The molecule has 0 amide bonds. The summed E-state index contributed by atoms with van der Waals surface area (Å²) < 4.78 is 51.3. The van der Waals surface area contributed by atoms with Crippen LogP contribution in [0.15, 0.2) is 21.9 Å². The lowest BCUT2D eigenvalue weighted by Gasteiger charge is -2.19. The number of nitrogens with one attached hydrogen (secondary N) is 1. The van der Waals surface area contributed by atoms with Gasteiger partial charge in [-0.2, -0.15) is 0 Å². The maximum atomic E-state index is 14.4. The van der Waals surface area contributed by atoms with Gasteiger partial charge in [-0.15, -0.1) is 0 Å². The average molecular weight is 406 g/mol. The molecule has 15 heteroatoms. The number of nitrogens with zero attached hydrogens (tertiary/aromatic N) is 1. The first kappa shape index (κ1) is 19.5. The molecule has 1 aromatic heterocycles. The molecule has 136 valence electrons. The van der Waals surface area contributed by atoms with Gasteiger partial charge >= 0.3 is 13.5 Å². The topological polar surface area (TPSA) is 157 Å². The summed E-state index contributed by atoms with van der Waals surface area (Å²) in [7, 11) is -7.81. The fourth-order valence-corrected chi connectivity index (χ4v) is 3.28. The van der Waals surface area contributed by atoms with Gasteiger partial charge in [0, 0.05) is 12.3 Å². The molecule has 3 N–H and O–H groups in total. The van der Waals surface area contributed by atoms with Crippen molar-refractivity contribution in [2.24, 2.45) is 0 Å². The van der Waals surface area contributed by atoms with Gasteiger partial charge in [-0.05, 0) is 0 Å². The third-order valence-electron chi connectivity index (χ3n) is 3.03. The number of phosphoric ester groups is 1. The van der Waals surface area contributed by atoms with Crippen LogP contribution in [0, 0.1) is 0 Å². The Hall–Kier alpha value is -0.780. The molecule has 1 aliphatic rings. The molecule has 0 bridgehead atoms. The summed E-state index contributed by atoms with van der Waals surface area (Å²) in [6.07, 6.45) is -5.54. The first-order valence-electron chi connectivity index (χ1n) is 6.29. The zero-order valence-electron chi connectivity index (χ0n) is 11.6. The first-order chi connectivity index (χ1) is 11.1. The highest BCUT2D eigenvalue weighted by Gasteiger charge is 2.48. The van der Waals surface area contributed by atoms with E-state index < -0.39 is 57.5 Å². The van der Waals surface area contributed by atoms with Crippen molar-refractivity contribution in [1.29, 1.82) is 0 Å². The molecular weight excluding hydrogens is 393 g/mol. The molecule has 0 saturated carbocycles. The van der Waals surface area contributed by atoms with Crippen LogP contribution in [0.4, 0.5) is 4.39 Å². The maximum absolute atomic E-state index is 14.4. The highest BCUT2D eigenvalue weighted by molar-refractivity contribution is 8.39. The molecule has 2 rings (SSSR count). The van der Waals surface area contributed by atoms with Gasteiger partial charge in [0.05, 0.1) is 6.61 Å². The number of hydrogen-bond acceptors (Lipinski definition) is 7. The molecule has 1 saturated heterocycles. The van der Waals surface area contributed by atoms with Gasteiger partial charge in [0.15, 0.2) is 12.4 Å². The SMILES string of the molecule is O=c1ccn([C@@H]2O[C@H](COP(=O)(O)O)C(F)C2O[PH](=O)S)c(=O)[nH]1. The monoisotopic (exact) mass is 406 g/mol. The van der Waals surface area contributed by atoms with Crippen LogP contribution in [0.25, 0.3) is 0 Å². The standard InChI is InChI=1S/C9H13FN2O9P2S/c10-6-4(3-19-23(16,17)18)20-8(7(6)21-22(15)24)12-2-1-5(13)11-9(12)14/h1-2,4,6-8,22H,3H2,(H,15,24)(H,11,13,14)(H2,16,17,18)/t4-,6?,7?,8-/m1/s1.